The van der Waals surface area contributed by atoms with Gasteiger partial charge in [0.1, 0.15) is 5.82 Å². The summed E-state index contributed by atoms with van der Waals surface area (Å²) in [7, 11) is 0. The average Bonchev–Trinajstić information content (AvgIpc) is 2.85. The maximum Gasteiger partial charge on any atom is 0.124 e. The van der Waals surface area contributed by atoms with Gasteiger partial charge in [-0.15, -0.1) is 23.1 Å². The van der Waals surface area contributed by atoms with Gasteiger partial charge in [0.2, 0.25) is 0 Å². The Morgan fingerprint density at radius 1 is 1.40 bits per heavy atom. The van der Waals surface area contributed by atoms with Crippen molar-refractivity contribution in [3.05, 3.63) is 50.9 Å². The molecule has 2 rings (SSSR count). The molecule has 5 heteroatoms. The fourth-order valence-corrected chi connectivity index (χ4v) is 4.68. The standard InChI is InChI=1S/C15H17BrFNS2/c1-2-7-18-14(15-13(16)6-8-19-15)10-20-12-5-3-4-11(17)9-12/h3-6,8-9,14,18H,2,7,10H2,1H3. The maximum atomic E-state index is 13.2. The Bertz CT molecular complexity index is 544. The lowest BCUT2D eigenvalue weighted by Gasteiger charge is -2.17. The van der Waals surface area contributed by atoms with E-state index in [1.54, 1.807) is 35.2 Å². The lowest BCUT2D eigenvalue weighted by atomic mass is 10.2. The summed E-state index contributed by atoms with van der Waals surface area (Å²) in [4.78, 5) is 2.28. The summed E-state index contributed by atoms with van der Waals surface area (Å²) < 4.78 is 14.3. The second-order valence-electron chi connectivity index (χ2n) is 4.41. The maximum absolute atomic E-state index is 13.2. The van der Waals surface area contributed by atoms with E-state index in [1.165, 1.54) is 10.9 Å². The SMILES string of the molecule is CCCNC(CSc1cccc(F)c1)c1sccc1Br. The molecule has 1 N–H and O–H groups in total. The predicted octanol–water partition coefficient (Wildman–Crippen LogP) is 5.48. The number of nitrogens with one attached hydrogen (secondary N) is 1. The van der Waals surface area contributed by atoms with Gasteiger partial charge in [0.25, 0.3) is 0 Å². The first-order valence-electron chi connectivity index (χ1n) is 6.55. The van der Waals surface area contributed by atoms with Crippen LogP contribution in [-0.2, 0) is 0 Å². The van der Waals surface area contributed by atoms with Crippen molar-refractivity contribution in [2.24, 2.45) is 0 Å². The van der Waals surface area contributed by atoms with Gasteiger partial charge in [-0.3, -0.25) is 0 Å². The highest BCUT2D eigenvalue weighted by atomic mass is 79.9. The highest BCUT2D eigenvalue weighted by Gasteiger charge is 2.15. The van der Waals surface area contributed by atoms with Gasteiger partial charge in [0, 0.05) is 20.0 Å². The van der Waals surface area contributed by atoms with Crippen LogP contribution in [0.25, 0.3) is 0 Å². The lowest BCUT2D eigenvalue weighted by molar-refractivity contribution is 0.583. The number of thioether (sulfide) groups is 1. The summed E-state index contributed by atoms with van der Waals surface area (Å²) >= 11 is 7.03. The normalized spacial score (nSPS) is 12.6. The Kier molecular flexibility index (Phi) is 6.55. The Labute approximate surface area is 136 Å². The summed E-state index contributed by atoms with van der Waals surface area (Å²) in [5.74, 6) is 0.716. The fourth-order valence-electron chi connectivity index (χ4n) is 1.84. The van der Waals surface area contributed by atoms with Gasteiger partial charge in [-0.05, 0) is 58.5 Å². The zero-order chi connectivity index (χ0) is 14.4. The topological polar surface area (TPSA) is 12.0 Å². The summed E-state index contributed by atoms with van der Waals surface area (Å²) in [6.45, 7) is 3.14. The molecule has 0 aliphatic rings. The number of hydrogen-bond donors (Lipinski definition) is 1. The molecule has 0 amide bonds. The molecule has 0 saturated heterocycles. The molecule has 1 aromatic carbocycles. The molecule has 0 aliphatic carbocycles. The van der Waals surface area contributed by atoms with Crippen molar-refractivity contribution in [3.63, 3.8) is 0 Å². The minimum Gasteiger partial charge on any atom is -0.309 e. The van der Waals surface area contributed by atoms with Gasteiger partial charge in [0.05, 0.1) is 6.04 Å². The van der Waals surface area contributed by atoms with Crippen LogP contribution < -0.4 is 5.32 Å². The van der Waals surface area contributed by atoms with Crippen molar-refractivity contribution in [2.75, 3.05) is 12.3 Å². The summed E-state index contributed by atoms with van der Waals surface area (Å²) in [6, 6.07) is 9.14. The number of benzene rings is 1. The van der Waals surface area contributed by atoms with E-state index < -0.39 is 0 Å². The molecule has 2 aromatic rings. The highest BCUT2D eigenvalue weighted by Crippen LogP contribution is 2.33. The van der Waals surface area contributed by atoms with Gasteiger partial charge < -0.3 is 5.32 Å². The first-order valence-corrected chi connectivity index (χ1v) is 9.21. The van der Waals surface area contributed by atoms with Crippen LogP contribution in [0.3, 0.4) is 0 Å². The molecule has 0 spiro atoms. The number of hydrogen-bond acceptors (Lipinski definition) is 3. The highest BCUT2D eigenvalue weighted by molar-refractivity contribution is 9.10. The van der Waals surface area contributed by atoms with Gasteiger partial charge in [-0.25, -0.2) is 4.39 Å². The van der Waals surface area contributed by atoms with Crippen molar-refractivity contribution in [2.45, 2.75) is 24.3 Å². The molecule has 20 heavy (non-hydrogen) atoms. The molecule has 0 radical (unpaired) electrons. The Morgan fingerprint density at radius 3 is 2.90 bits per heavy atom. The van der Waals surface area contributed by atoms with Crippen LogP contribution in [-0.4, -0.2) is 12.3 Å². The van der Waals surface area contributed by atoms with Crippen LogP contribution in [0.5, 0.6) is 0 Å². The lowest BCUT2D eigenvalue weighted by Crippen LogP contribution is -2.23. The zero-order valence-electron chi connectivity index (χ0n) is 11.2. The van der Waals surface area contributed by atoms with Crippen molar-refractivity contribution in [1.29, 1.82) is 0 Å². The summed E-state index contributed by atoms with van der Waals surface area (Å²) in [6.07, 6.45) is 1.10. The predicted molar refractivity (Wildman–Crippen MR) is 90.2 cm³/mol. The van der Waals surface area contributed by atoms with E-state index in [1.807, 2.05) is 6.07 Å². The summed E-state index contributed by atoms with van der Waals surface area (Å²) in [5.41, 5.74) is 0. The molecule has 108 valence electrons. The number of halogens is 2. The van der Waals surface area contributed by atoms with E-state index in [-0.39, 0.29) is 11.9 Å². The second kappa shape index (κ2) is 8.17. The van der Waals surface area contributed by atoms with E-state index in [0.29, 0.717) is 0 Å². The van der Waals surface area contributed by atoms with Crippen LogP contribution in [0.15, 0.2) is 45.1 Å². The molecule has 1 nitrogen and oxygen atoms in total. The minimum absolute atomic E-state index is 0.176. The zero-order valence-corrected chi connectivity index (χ0v) is 14.5. The van der Waals surface area contributed by atoms with Crippen LogP contribution in [0, 0.1) is 5.82 Å². The molecule has 1 atom stereocenters. The van der Waals surface area contributed by atoms with E-state index in [2.05, 4.69) is 39.6 Å². The number of rotatable bonds is 7. The van der Waals surface area contributed by atoms with Crippen molar-refractivity contribution in [1.82, 2.24) is 5.32 Å². The van der Waals surface area contributed by atoms with E-state index in [0.717, 1.165) is 28.1 Å². The van der Waals surface area contributed by atoms with Crippen LogP contribution in [0.4, 0.5) is 4.39 Å². The minimum atomic E-state index is -0.176. The van der Waals surface area contributed by atoms with E-state index in [4.69, 9.17) is 0 Å². The number of thiophene rings is 1. The third kappa shape index (κ3) is 4.58. The van der Waals surface area contributed by atoms with Crippen LogP contribution >= 0.6 is 39.0 Å². The van der Waals surface area contributed by atoms with E-state index >= 15 is 0 Å². The monoisotopic (exact) mass is 373 g/mol. The average molecular weight is 374 g/mol. The first-order chi connectivity index (χ1) is 9.70. The van der Waals surface area contributed by atoms with E-state index in [9.17, 15) is 4.39 Å². The van der Waals surface area contributed by atoms with Crippen molar-refractivity contribution in [3.8, 4) is 0 Å². The second-order valence-corrected chi connectivity index (χ2v) is 7.30. The Balaban J connectivity index is 2.03. The van der Waals surface area contributed by atoms with Gasteiger partial charge in [-0.2, -0.15) is 0 Å². The molecular formula is C15H17BrFNS2. The largest absolute Gasteiger partial charge is 0.309 e. The Hall–Kier alpha value is -0.360. The van der Waals surface area contributed by atoms with Gasteiger partial charge >= 0.3 is 0 Å². The van der Waals surface area contributed by atoms with Crippen molar-refractivity contribution >= 4 is 39.0 Å². The molecule has 1 unspecified atom stereocenters. The molecule has 0 bridgehead atoms. The smallest absolute Gasteiger partial charge is 0.124 e. The molecule has 1 aromatic heterocycles. The Morgan fingerprint density at radius 2 is 2.25 bits per heavy atom. The molecule has 0 aliphatic heterocycles. The summed E-state index contributed by atoms with van der Waals surface area (Å²) in [5, 5.41) is 5.65. The van der Waals surface area contributed by atoms with Gasteiger partial charge in [0.15, 0.2) is 0 Å². The quantitative estimate of drug-likeness (QED) is 0.644. The fraction of sp³-hybridized carbons (Fsp3) is 0.333. The molecule has 0 fully saturated rings. The molecule has 0 saturated carbocycles. The molecule has 1 heterocycles. The first kappa shape index (κ1) is 16.0. The third-order valence-electron chi connectivity index (χ3n) is 2.81. The third-order valence-corrected chi connectivity index (χ3v) is 5.89. The van der Waals surface area contributed by atoms with Gasteiger partial charge in [-0.1, -0.05) is 13.0 Å². The van der Waals surface area contributed by atoms with Crippen LogP contribution in [0.2, 0.25) is 0 Å². The molecular weight excluding hydrogens is 357 g/mol. The van der Waals surface area contributed by atoms with Crippen LogP contribution in [0.1, 0.15) is 24.3 Å². The van der Waals surface area contributed by atoms with Crippen molar-refractivity contribution < 1.29 is 4.39 Å².